The molecular formula is C20H25FN2. The van der Waals surface area contributed by atoms with Crippen molar-refractivity contribution in [2.45, 2.75) is 38.4 Å². The number of likely N-dealkylation sites (tertiary alicyclic amines) is 1. The summed E-state index contributed by atoms with van der Waals surface area (Å²) in [5, 5.41) is 3.60. The number of hydrogen-bond acceptors (Lipinski definition) is 2. The Morgan fingerprint density at radius 2 is 1.83 bits per heavy atom. The van der Waals surface area contributed by atoms with Crippen molar-refractivity contribution in [2.24, 2.45) is 0 Å². The Labute approximate surface area is 138 Å². The normalized spacial score (nSPS) is 21.7. The van der Waals surface area contributed by atoms with E-state index in [0.717, 1.165) is 38.0 Å². The van der Waals surface area contributed by atoms with Crippen molar-refractivity contribution in [1.29, 1.82) is 0 Å². The van der Waals surface area contributed by atoms with Gasteiger partial charge in [0.05, 0.1) is 0 Å². The Kier molecular flexibility index (Phi) is 5.42. The molecule has 0 radical (unpaired) electrons. The van der Waals surface area contributed by atoms with Gasteiger partial charge in [-0.2, -0.15) is 0 Å². The highest BCUT2D eigenvalue weighted by Gasteiger charge is 2.28. The molecule has 1 N–H and O–H groups in total. The summed E-state index contributed by atoms with van der Waals surface area (Å²) in [5.41, 5.74) is 2.17. The van der Waals surface area contributed by atoms with Crippen LogP contribution in [0, 0.1) is 5.82 Å². The molecule has 2 aromatic rings. The third-order valence-corrected chi connectivity index (χ3v) is 4.72. The Morgan fingerprint density at radius 1 is 1.09 bits per heavy atom. The van der Waals surface area contributed by atoms with E-state index >= 15 is 0 Å². The van der Waals surface area contributed by atoms with Crippen molar-refractivity contribution >= 4 is 0 Å². The first kappa shape index (κ1) is 16.2. The van der Waals surface area contributed by atoms with Gasteiger partial charge in [0.15, 0.2) is 0 Å². The van der Waals surface area contributed by atoms with Crippen molar-refractivity contribution in [1.82, 2.24) is 10.2 Å². The zero-order valence-electron chi connectivity index (χ0n) is 13.7. The first-order valence-corrected chi connectivity index (χ1v) is 8.47. The number of nitrogens with one attached hydrogen (secondary N) is 1. The van der Waals surface area contributed by atoms with E-state index in [9.17, 15) is 4.39 Å². The lowest BCUT2D eigenvalue weighted by Crippen LogP contribution is -2.34. The maximum Gasteiger partial charge on any atom is 0.126 e. The molecule has 1 saturated heterocycles. The molecular weight excluding hydrogens is 287 g/mol. The Morgan fingerprint density at radius 3 is 2.61 bits per heavy atom. The van der Waals surface area contributed by atoms with Gasteiger partial charge in [0.1, 0.15) is 5.82 Å². The first-order chi connectivity index (χ1) is 11.2. The lowest BCUT2D eigenvalue weighted by Gasteiger charge is -2.21. The summed E-state index contributed by atoms with van der Waals surface area (Å²) in [7, 11) is 0. The topological polar surface area (TPSA) is 15.3 Å². The second-order valence-corrected chi connectivity index (χ2v) is 6.49. The fourth-order valence-electron chi connectivity index (χ4n) is 3.40. The molecule has 2 aromatic carbocycles. The highest BCUT2D eigenvalue weighted by molar-refractivity contribution is 5.17. The summed E-state index contributed by atoms with van der Waals surface area (Å²) in [6.45, 7) is 5.19. The average molecular weight is 312 g/mol. The number of nitrogens with zero attached hydrogens (tertiary/aromatic N) is 1. The van der Waals surface area contributed by atoms with Crippen molar-refractivity contribution in [3.05, 3.63) is 71.5 Å². The molecule has 0 bridgehead atoms. The zero-order chi connectivity index (χ0) is 16.1. The molecule has 23 heavy (non-hydrogen) atoms. The van der Waals surface area contributed by atoms with Gasteiger partial charge in [0, 0.05) is 25.2 Å². The van der Waals surface area contributed by atoms with E-state index in [1.165, 1.54) is 11.6 Å². The molecule has 0 aromatic heterocycles. The van der Waals surface area contributed by atoms with E-state index in [4.69, 9.17) is 0 Å². The highest BCUT2D eigenvalue weighted by Crippen LogP contribution is 2.20. The summed E-state index contributed by atoms with van der Waals surface area (Å²) in [6.07, 6.45) is 1.90. The van der Waals surface area contributed by atoms with Crippen LogP contribution in [0.4, 0.5) is 4.39 Å². The largest absolute Gasteiger partial charge is 0.312 e. The number of benzene rings is 2. The Balaban J connectivity index is 1.46. The Bertz CT molecular complexity index is 614. The molecule has 2 unspecified atom stereocenters. The van der Waals surface area contributed by atoms with Crippen molar-refractivity contribution in [3.63, 3.8) is 0 Å². The minimum absolute atomic E-state index is 0.0974. The first-order valence-electron chi connectivity index (χ1n) is 8.47. The maximum atomic E-state index is 13.6. The summed E-state index contributed by atoms with van der Waals surface area (Å²) in [4.78, 5) is 2.52. The molecule has 1 aliphatic rings. The van der Waals surface area contributed by atoms with Crippen molar-refractivity contribution in [3.8, 4) is 0 Å². The molecule has 0 spiro atoms. The minimum atomic E-state index is -0.0974. The predicted molar refractivity (Wildman–Crippen MR) is 92.8 cm³/mol. The SMILES string of the molecule is CC1CC(NCCc2ccccc2F)CN1Cc1ccccc1. The van der Waals surface area contributed by atoms with E-state index in [1.54, 1.807) is 6.07 Å². The number of rotatable bonds is 6. The van der Waals surface area contributed by atoms with Gasteiger partial charge in [-0.3, -0.25) is 4.90 Å². The van der Waals surface area contributed by atoms with Crippen LogP contribution in [0.3, 0.4) is 0 Å². The van der Waals surface area contributed by atoms with Gasteiger partial charge in [-0.25, -0.2) is 4.39 Å². The monoisotopic (exact) mass is 312 g/mol. The van der Waals surface area contributed by atoms with Crippen LogP contribution >= 0.6 is 0 Å². The van der Waals surface area contributed by atoms with Gasteiger partial charge < -0.3 is 5.32 Å². The van der Waals surface area contributed by atoms with E-state index in [1.807, 2.05) is 12.1 Å². The van der Waals surface area contributed by atoms with Gasteiger partial charge in [-0.05, 0) is 43.5 Å². The Hall–Kier alpha value is -1.71. The molecule has 0 aliphatic carbocycles. The third-order valence-electron chi connectivity index (χ3n) is 4.72. The van der Waals surface area contributed by atoms with Gasteiger partial charge in [0.2, 0.25) is 0 Å². The van der Waals surface area contributed by atoms with Gasteiger partial charge in [-0.1, -0.05) is 48.5 Å². The zero-order valence-corrected chi connectivity index (χ0v) is 13.7. The lowest BCUT2D eigenvalue weighted by molar-refractivity contribution is 0.257. The van der Waals surface area contributed by atoms with Crippen LogP contribution in [0.15, 0.2) is 54.6 Å². The molecule has 0 saturated carbocycles. The second-order valence-electron chi connectivity index (χ2n) is 6.49. The smallest absolute Gasteiger partial charge is 0.126 e. The molecule has 3 rings (SSSR count). The molecule has 0 amide bonds. The van der Waals surface area contributed by atoms with Crippen LogP contribution in [0.1, 0.15) is 24.5 Å². The van der Waals surface area contributed by atoms with Crippen LogP contribution in [-0.4, -0.2) is 30.1 Å². The number of hydrogen-bond donors (Lipinski definition) is 1. The molecule has 3 heteroatoms. The molecule has 1 heterocycles. The van der Waals surface area contributed by atoms with Gasteiger partial charge in [0.25, 0.3) is 0 Å². The summed E-state index contributed by atoms with van der Waals surface area (Å²) in [5.74, 6) is -0.0974. The standard InChI is InChI=1S/C20H25FN2/c1-16-13-19(15-23(16)14-17-7-3-2-4-8-17)22-12-11-18-9-5-6-10-20(18)21/h2-10,16,19,22H,11-15H2,1H3. The third kappa shape index (κ3) is 4.40. The second kappa shape index (κ2) is 7.71. The number of halogens is 1. The van der Waals surface area contributed by atoms with Gasteiger partial charge >= 0.3 is 0 Å². The molecule has 1 fully saturated rings. The van der Waals surface area contributed by atoms with Crippen LogP contribution in [0.5, 0.6) is 0 Å². The summed E-state index contributed by atoms with van der Waals surface area (Å²) >= 11 is 0. The average Bonchev–Trinajstić information content (AvgIpc) is 2.90. The maximum absolute atomic E-state index is 13.6. The van der Waals surface area contributed by atoms with Crippen LogP contribution in [0.25, 0.3) is 0 Å². The van der Waals surface area contributed by atoms with E-state index in [-0.39, 0.29) is 5.82 Å². The molecule has 2 nitrogen and oxygen atoms in total. The van der Waals surface area contributed by atoms with Crippen LogP contribution in [-0.2, 0) is 13.0 Å². The lowest BCUT2D eigenvalue weighted by atomic mass is 10.1. The predicted octanol–water partition coefficient (Wildman–Crippen LogP) is 3.62. The molecule has 122 valence electrons. The fraction of sp³-hybridized carbons (Fsp3) is 0.400. The molecule has 2 atom stereocenters. The fourth-order valence-corrected chi connectivity index (χ4v) is 3.40. The van der Waals surface area contributed by atoms with E-state index in [2.05, 4.69) is 47.5 Å². The van der Waals surface area contributed by atoms with E-state index < -0.39 is 0 Å². The highest BCUT2D eigenvalue weighted by atomic mass is 19.1. The minimum Gasteiger partial charge on any atom is -0.312 e. The van der Waals surface area contributed by atoms with Gasteiger partial charge in [-0.15, -0.1) is 0 Å². The van der Waals surface area contributed by atoms with Crippen LogP contribution < -0.4 is 5.32 Å². The summed E-state index contributed by atoms with van der Waals surface area (Å²) in [6, 6.07) is 18.8. The van der Waals surface area contributed by atoms with E-state index in [0.29, 0.717) is 12.1 Å². The quantitative estimate of drug-likeness (QED) is 0.876. The summed E-state index contributed by atoms with van der Waals surface area (Å²) < 4.78 is 13.6. The molecule has 1 aliphatic heterocycles. The van der Waals surface area contributed by atoms with Crippen LogP contribution in [0.2, 0.25) is 0 Å². The van der Waals surface area contributed by atoms with Crippen molar-refractivity contribution in [2.75, 3.05) is 13.1 Å². The van der Waals surface area contributed by atoms with Crippen molar-refractivity contribution < 1.29 is 4.39 Å².